The number of benzene rings is 2. The van der Waals surface area contributed by atoms with Crippen molar-refractivity contribution in [2.75, 3.05) is 13.2 Å². The van der Waals surface area contributed by atoms with Crippen molar-refractivity contribution in [1.29, 1.82) is 0 Å². The Kier molecular flexibility index (Phi) is 8.25. The van der Waals surface area contributed by atoms with E-state index in [0.717, 1.165) is 24.0 Å². The summed E-state index contributed by atoms with van der Waals surface area (Å²) in [6, 6.07) is 10.9. The number of carbonyl (C=O) groups is 2. The molecule has 39 heavy (non-hydrogen) atoms. The van der Waals surface area contributed by atoms with Crippen LogP contribution in [0.2, 0.25) is 5.02 Å². The molecule has 1 fully saturated rings. The number of halogens is 1. The number of rotatable bonds is 9. The number of amides is 1. The highest BCUT2D eigenvalue weighted by Crippen LogP contribution is 2.59. The van der Waals surface area contributed by atoms with E-state index in [0.29, 0.717) is 41.6 Å². The Labute approximate surface area is 234 Å². The largest absolute Gasteiger partial charge is 0.489 e. The highest BCUT2D eigenvalue weighted by atomic mass is 35.5. The fourth-order valence-electron chi connectivity index (χ4n) is 6.35. The highest BCUT2D eigenvalue weighted by Gasteiger charge is 2.66. The van der Waals surface area contributed by atoms with Crippen LogP contribution in [0.5, 0.6) is 5.75 Å². The Morgan fingerprint density at radius 2 is 1.92 bits per heavy atom. The molecule has 8 heteroatoms. The molecule has 204 valence electrons. The molecular weight excluding hydrogens is 516 g/mol. The first-order chi connectivity index (χ1) is 18.5. The molecule has 1 aliphatic carbocycles. The predicted molar refractivity (Wildman–Crippen MR) is 149 cm³/mol. The minimum absolute atomic E-state index is 0.0123. The Morgan fingerprint density at radius 3 is 2.59 bits per heavy atom. The Hall–Kier alpha value is -3.52. The van der Waals surface area contributed by atoms with Gasteiger partial charge in [0.2, 0.25) is 5.69 Å². The summed E-state index contributed by atoms with van der Waals surface area (Å²) < 4.78 is 11.4. The van der Waals surface area contributed by atoms with Crippen LogP contribution in [0.4, 0.5) is 5.69 Å². The van der Waals surface area contributed by atoms with E-state index in [4.69, 9.17) is 32.8 Å². The van der Waals surface area contributed by atoms with Crippen LogP contribution in [0.25, 0.3) is 4.85 Å². The molecule has 7 nitrogen and oxygen atoms in total. The third-order valence-corrected chi connectivity index (χ3v) is 7.91. The van der Waals surface area contributed by atoms with Crippen molar-refractivity contribution < 1.29 is 24.2 Å². The smallest absolute Gasteiger partial charge is 0.329 e. The van der Waals surface area contributed by atoms with Gasteiger partial charge in [-0.1, -0.05) is 63.3 Å². The van der Waals surface area contributed by atoms with Gasteiger partial charge in [-0.2, -0.15) is 0 Å². The Balaban J connectivity index is 1.40. The second-order valence-corrected chi connectivity index (χ2v) is 11.7. The zero-order chi connectivity index (χ0) is 28.4. The standard InChI is InChI=1S/C31H33ClN2O5/c1-30(2)28(31(3,4)29(30)39-22-13-14-25(33-5)24(32)17-22)34-18-21-12-11-20(16-23(21)27(34)37)10-8-6-7-9-15-38-19-26(35)36/h11-14,16-17,28-29H,6-7,9,15,18-19H2,1-4H3,(H,35,36). The molecule has 1 heterocycles. The van der Waals surface area contributed by atoms with E-state index >= 15 is 0 Å². The van der Waals surface area contributed by atoms with E-state index in [-0.39, 0.29) is 35.5 Å². The molecule has 2 aromatic rings. The highest BCUT2D eigenvalue weighted by molar-refractivity contribution is 6.33. The second-order valence-electron chi connectivity index (χ2n) is 11.3. The summed E-state index contributed by atoms with van der Waals surface area (Å²) in [5.41, 5.74) is 2.26. The van der Waals surface area contributed by atoms with Gasteiger partial charge in [0.1, 0.15) is 18.5 Å². The summed E-state index contributed by atoms with van der Waals surface area (Å²) in [5.74, 6) is 5.95. The van der Waals surface area contributed by atoms with Crippen LogP contribution in [-0.4, -0.2) is 47.2 Å². The van der Waals surface area contributed by atoms with Gasteiger partial charge in [-0.25, -0.2) is 9.64 Å². The van der Waals surface area contributed by atoms with Crippen LogP contribution in [0.15, 0.2) is 36.4 Å². The number of fused-ring (bicyclic) bond motifs is 1. The summed E-state index contributed by atoms with van der Waals surface area (Å²) in [4.78, 5) is 29.4. The van der Waals surface area contributed by atoms with E-state index in [1.807, 2.05) is 23.1 Å². The number of carboxylic acid groups (broad SMARTS) is 1. The quantitative estimate of drug-likeness (QED) is 0.224. The van der Waals surface area contributed by atoms with Crippen molar-refractivity contribution in [3.63, 3.8) is 0 Å². The summed E-state index contributed by atoms with van der Waals surface area (Å²) in [7, 11) is 0. The molecule has 0 radical (unpaired) electrons. The molecule has 4 rings (SSSR count). The zero-order valence-corrected chi connectivity index (χ0v) is 23.5. The van der Waals surface area contributed by atoms with Gasteiger partial charge < -0.3 is 19.5 Å². The summed E-state index contributed by atoms with van der Waals surface area (Å²) in [6.45, 7) is 16.4. The van der Waals surface area contributed by atoms with Crippen molar-refractivity contribution >= 4 is 29.2 Å². The fraction of sp³-hybridized carbons (Fsp3) is 0.452. The average Bonchev–Trinajstić information content (AvgIpc) is 3.18. The van der Waals surface area contributed by atoms with Crippen molar-refractivity contribution in [3.8, 4) is 17.6 Å². The van der Waals surface area contributed by atoms with Crippen molar-refractivity contribution in [1.82, 2.24) is 4.90 Å². The molecule has 2 aliphatic rings. The van der Waals surface area contributed by atoms with Gasteiger partial charge in [0.25, 0.3) is 5.91 Å². The first-order valence-electron chi connectivity index (χ1n) is 13.0. The minimum atomic E-state index is -0.966. The van der Waals surface area contributed by atoms with Crippen molar-refractivity contribution in [3.05, 3.63) is 69.5 Å². The molecule has 0 unspecified atom stereocenters. The lowest BCUT2D eigenvalue weighted by atomic mass is 9.49. The number of ether oxygens (including phenoxy) is 2. The lowest BCUT2D eigenvalue weighted by Crippen LogP contribution is -2.74. The van der Waals surface area contributed by atoms with E-state index in [2.05, 4.69) is 44.4 Å². The number of nitrogens with zero attached hydrogens (tertiary/aromatic N) is 2. The molecule has 2 aromatic carbocycles. The average molecular weight is 549 g/mol. The molecule has 0 bridgehead atoms. The van der Waals surface area contributed by atoms with Gasteiger partial charge >= 0.3 is 5.97 Å². The lowest BCUT2D eigenvalue weighted by molar-refractivity contribution is -0.199. The van der Waals surface area contributed by atoms with E-state index < -0.39 is 5.97 Å². The lowest BCUT2D eigenvalue weighted by Gasteiger charge is -2.65. The van der Waals surface area contributed by atoms with Crippen LogP contribution < -0.4 is 4.74 Å². The summed E-state index contributed by atoms with van der Waals surface area (Å²) in [6.07, 6.45) is 2.08. The van der Waals surface area contributed by atoms with Gasteiger partial charge in [0, 0.05) is 47.6 Å². The van der Waals surface area contributed by atoms with Gasteiger partial charge in [-0.15, -0.1) is 0 Å². The molecule has 0 spiro atoms. The molecule has 1 aliphatic heterocycles. The van der Waals surface area contributed by atoms with Crippen molar-refractivity contribution in [2.24, 2.45) is 10.8 Å². The first kappa shape index (κ1) is 28.5. The molecule has 1 saturated carbocycles. The maximum absolute atomic E-state index is 13.6. The fourth-order valence-corrected chi connectivity index (χ4v) is 6.57. The van der Waals surface area contributed by atoms with Crippen molar-refractivity contribution in [2.45, 2.75) is 65.6 Å². The molecule has 1 amide bonds. The number of carboxylic acids is 1. The maximum atomic E-state index is 13.6. The number of carbonyl (C=O) groups excluding carboxylic acids is 1. The monoisotopic (exact) mass is 548 g/mol. The van der Waals surface area contributed by atoms with Crippen LogP contribution >= 0.6 is 11.6 Å². The first-order valence-corrected chi connectivity index (χ1v) is 13.4. The minimum Gasteiger partial charge on any atom is -0.489 e. The molecular formula is C31H33ClN2O5. The summed E-state index contributed by atoms with van der Waals surface area (Å²) >= 11 is 6.23. The maximum Gasteiger partial charge on any atom is 0.329 e. The van der Waals surface area contributed by atoms with Crippen LogP contribution in [0.3, 0.4) is 0 Å². The predicted octanol–water partition coefficient (Wildman–Crippen LogP) is 6.35. The zero-order valence-electron chi connectivity index (χ0n) is 22.7. The van der Waals surface area contributed by atoms with E-state index in [1.54, 1.807) is 18.2 Å². The number of unbranched alkanes of at least 4 members (excludes halogenated alkanes) is 2. The number of aliphatic carboxylic acids is 1. The summed E-state index contributed by atoms with van der Waals surface area (Å²) in [5, 5.41) is 8.94. The van der Waals surface area contributed by atoms with E-state index in [1.165, 1.54) is 0 Å². The van der Waals surface area contributed by atoms with Gasteiger partial charge in [0.05, 0.1) is 11.6 Å². The van der Waals surface area contributed by atoms with Gasteiger partial charge in [-0.05, 0) is 42.7 Å². The molecule has 1 N–H and O–H groups in total. The van der Waals surface area contributed by atoms with Gasteiger partial charge in [0.15, 0.2) is 0 Å². The van der Waals surface area contributed by atoms with Gasteiger partial charge in [-0.3, -0.25) is 4.79 Å². The van der Waals surface area contributed by atoms with Crippen LogP contribution in [-0.2, 0) is 16.1 Å². The number of hydrogen-bond acceptors (Lipinski definition) is 4. The normalized spacial score (nSPS) is 20.3. The molecule has 0 atom stereocenters. The number of hydrogen-bond donors (Lipinski definition) is 1. The third-order valence-electron chi connectivity index (χ3n) is 7.61. The Bertz CT molecular complexity index is 1370. The topological polar surface area (TPSA) is 80.4 Å². The molecule has 0 aromatic heterocycles. The van der Waals surface area contributed by atoms with E-state index in [9.17, 15) is 9.59 Å². The SMILES string of the molecule is [C-]#[N+]c1ccc(OC2C(C)(C)C(N3Cc4ccc(C#CCCCCOCC(=O)O)cc4C3=O)C2(C)C)cc1Cl. The van der Waals surface area contributed by atoms with Crippen LogP contribution in [0, 0.1) is 29.2 Å². The molecule has 0 saturated heterocycles. The Morgan fingerprint density at radius 1 is 1.18 bits per heavy atom. The second kappa shape index (κ2) is 11.3. The third kappa shape index (κ3) is 5.76. The van der Waals surface area contributed by atoms with Crippen LogP contribution in [0.1, 0.15) is 68.4 Å².